The largest absolute Gasteiger partial charge is 0.495 e. The first-order valence-electron chi connectivity index (χ1n) is 4.46. The molecule has 0 amide bonds. The fraction of sp³-hybridized carbons (Fsp3) is 0.182. The molecule has 0 unspecified atom stereocenters. The van der Waals surface area contributed by atoms with E-state index in [-0.39, 0.29) is 32.7 Å². The van der Waals surface area contributed by atoms with Crippen LogP contribution in [0.5, 0.6) is 10.9 Å². The second kappa shape index (κ2) is 6.36. The van der Waals surface area contributed by atoms with Crippen LogP contribution in [-0.4, -0.2) is 4.98 Å². The third-order valence-electron chi connectivity index (χ3n) is 1.84. The van der Waals surface area contributed by atoms with Crippen LogP contribution in [0.15, 0.2) is 29.8 Å². The molecular weight excluding hydrogens is 283 g/mol. The normalized spacial score (nSPS) is 9.40. The summed E-state index contributed by atoms with van der Waals surface area (Å²) < 4.78 is 5.49. The molecule has 1 aromatic heterocycles. The zero-order valence-electron chi connectivity index (χ0n) is 8.43. The predicted molar refractivity (Wildman–Crippen MR) is 56.8 cm³/mol. The van der Waals surface area contributed by atoms with E-state index in [0.29, 0.717) is 5.19 Å². The van der Waals surface area contributed by atoms with Gasteiger partial charge < -0.3 is 4.74 Å². The van der Waals surface area contributed by atoms with E-state index in [1.165, 1.54) is 16.9 Å². The summed E-state index contributed by atoms with van der Waals surface area (Å²) >= 11 is 1.48. The van der Waals surface area contributed by atoms with Crippen molar-refractivity contribution in [2.75, 3.05) is 0 Å². The van der Waals surface area contributed by atoms with Gasteiger partial charge in [-0.3, -0.25) is 0 Å². The number of hydrogen-bond donors (Lipinski definition) is 0. The maximum Gasteiger partial charge on any atom is 0.266 e. The number of nitrogens with zero attached hydrogens (tertiary/aromatic N) is 1. The van der Waals surface area contributed by atoms with Crippen molar-refractivity contribution in [3.63, 3.8) is 0 Å². The number of hydrogen-bond acceptors (Lipinski definition) is 3. The number of rotatable bonds is 3. The van der Waals surface area contributed by atoms with Gasteiger partial charge in [0.25, 0.3) is 5.19 Å². The minimum Gasteiger partial charge on any atom is -0.495 e. The Bertz CT molecular complexity index is 385. The van der Waals surface area contributed by atoms with Crippen LogP contribution in [0, 0.1) is 6.07 Å². The first-order chi connectivity index (χ1) is 6.88. The fourth-order valence-corrected chi connectivity index (χ4v) is 1.59. The molecule has 15 heavy (non-hydrogen) atoms. The summed E-state index contributed by atoms with van der Waals surface area (Å²) in [6, 6.07) is 8.96. The van der Waals surface area contributed by atoms with E-state index in [2.05, 4.69) is 18.0 Å². The summed E-state index contributed by atoms with van der Waals surface area (Å²) in [5.74, 6) is 0.789. The molecule has 4 heteroatoms. The Labute approximate surface area is 119 Å². The minimum atomic E-state index is 0. The van der Waals surface area contributed by atoms with E-state index >= 15 is 0 Å². The Morgan fingerprint density at radius 1 is 1.47 bits per heavy atom. The van der Waals surface area contributed by atoms with Crippen molar-refractivity contribution in [3.05, 3.63) is 41.4 Å². The molecule has 2 rings (SSSR count). The topological polar surface area (TPSA) is 22.1 Å². The van der Waals surface area contributed by atoms with Crippen LogP contribution in [0.4, 0.5) is 0 Å². The van der Waals surface area contributed by atoms with Crippen molar-refractivity contribution in [2.45, 2.75) is 13.3 Å². The predicted octanol–water partition coefficient (Wildman–Crippen LogP) is 3.30. The van der Waals surface area contributed by atoms with Gasteiger partial charge in [0.05, 0.1) is 0 Å². The minimum absolute atomic E-state index is 0. The molecule has 0 fully saturated rings. The molecule has 75 valence electrons. The van der Waals surface area contributed by atoms with Gasteiger partial charge >= 0.3 is 0 Å². The third kappa shape index (κ3) is 3.67. The molecule has 0 saturated heterocycles. The molecule has 0 saturated carbocycles. The van der Waals surface area contributed by atoms with E-state index < -0.39 is 0 Å². The van der Waals surface area contributed by atoms with Crippen LogP contribution in [0.1, 0.15) is 12.5 Å². The second-order valence-electron chi connectivity index (χ2n) is 2.80. The molecule has 0 N–H and O–H groups in total. The zero-order valence-corrected chi connectivity index (χ0v) is 12.1. The van der Waals surface area contributed by atoms with Gasteiger partial charge in [-0.15, -0.1) is 12.1 Å². The van der Waals surface area contributed by atoms with E-state index in [0.717, 1.165) is 12.2 Å². The maximum absolute atomic E-state index is 5.49. The number of thiazole rings is 1. The van der Waals surface area contributed by atoms with Crippen molar-refractivity contribution in [2.24, 2.45) is 0 Å². The monoisotopic (exact) mass is 293 g/mol. The van der Waals surface area contributed by atoms with Gasteiger partial charge in [-0.2, -0.15) is 17.7 Å². The average molecular weight is 293 g/mol. The fourth-order valence-electron chi connectivity index (χ4n) is 1.09. The van der Waals surface area contributed by atoms with Gasteiger partial charge in [-0.25, -0.2) is 4.98 Å². The number of ether oxygens (including phenoxy) is 1. The van der Waals surface area contributed by atoms with E-state index in [9.17, 15) is 0 Å². The smallest absolute Gasteiger partial charge is 0.266 e. The Kier molecular flexibility index (Phi) is 5.44. The molecule has 0 aliphatic heterocycles. The van der Waals surface area contributed by atoms with E-state index in [1.807, 2.05) is 23.6 Å². The number of aryl methyl sites for hydroxylation is 1. The van der Waals surface area contributed by atoms with E-state index in [4.69, 9.17) is 4.74 Å². The molecule has 1 radical (unpaired) electrons. The van der Waals surface area contributed by atoms with Gasteiger partial charge in [0.1, 0.15) is 0 Å². The first kappa shape index (κ1) is 12.8. The molecule has 0 aliphatic rings. The molecule has 0 bridgehead atoms. The summed E-state index contributed by atoms with van der Waals surface area (Å²) in [4.78, 5) is 4.04. The standard InChI is InChI=1S/C11H10NOS.Y/c1-2-9-3-5-10(6-4-9)13-11-12-7-8-14-11;/h3,5-8H,2H2,1H3;/q-1;. The molecule has 0 atom stereocenters. The van der Waals surface area contributed by atoms with Crippen molar-refractivity contribution >= 4 is 11.3 Å². The zero-order chi connectivity index (χ0) is 9.80. The van der Waals surface area contributed by atoms with Crippen LogP contribution in [-0.2, 0) is 39.1 Å². The quantitative estimate of drug-likeness (QED) is 0.810. The first-order valence-corrected chi connectivity index (χ1v) is 5.34. The SMILES string of the molecule is CCc1[c-]cc(Oc2nccs2)cc1.[Y]. The summed E-state index contributed by atoms with van der Waals surface area (Å²) in [6.45, 7) is 2.10. The van der Waals surface area contributed by atoms with Crippen molar-refractivity contribution in [1.29, 1.82) is 0 Å². The van der Waals surface area contributed by atoms with Gasteiger partial charge in [0.15, 0.2) is 0 Å². The van der Waals surface area contributed by atoms with Crippen LogP contribution < -0.4 is 4.74 Å². The second-order valence-corrected chi connectivity index (χ2v) is 3.66. The number of benzene rings is 1. The molecule has 1 aromatic carbocycles. The summed E-state index contributed by atoms with van der Waals surface area (Å²) in [5.41, 5.74) is 1.19. The molecule has 1 heterocycles. The number of aromatic nitrogens is 1. The Morgan fingerprint density at radius 2 is 2.33 bits per heavy atom. The Morgan fingerprint density at radius 3 is 2.87 bits per heavy atom. The summed E-state index contributed by atoms with van der Waals surface area (Å²) in [5, 5.41) is 2.56. The Hall–Kier alpha value is -0.246. The molecule has 0 spiro atoms. The van der Waals surface area contributed by atoms with Gasteiger partial charge in [0.2, 0.25) is 0 Å². The van der Waals surface area contributed by atoms with Gasteiger partial charge in [0, 0.05) is 50.0 Å². The molecule has 2 aromatic rings. The maximum atomic E-state index is 5.49. The van der Waals surface area contributed by atoms with Crippen LogP contribution in [0.3, 0.4) is 0 Å². The van der Waals surface area contributed by atoms with E-state index in [1.54, 1.807) is 6.20 Å². The van der Waals surface area contributed by atoms with Crippen molar-refractivity contribution in [1.82, 2.24) is 4.98 Å². The Balaban J connectivity index is 0.00000112. The third-order valence-corrected chi connectivity index (χ3v) is 2.49. The van der Waals surface area contributed by atoms with Gasteiger partial charge in [-0.1, -0.05) is 24.7 Å². The summed E-state index contributed by atoms with van der Waals surface area (Å²) in [6.07, 6.45) is 2.72. The average Bonchev–Trinajstić information content (AvgIpc) is 2.72. The van der Waals surface area contributed by atoms with Crippen molar-refractivity contribution < 1.29 is 37.4 Å². The van der Waals surface area contributed by atoms with Gasteiger partial charge in [-0.05, 0) is 0 Å². The van der Waals surface area contributed by atoms with Crippen LogP contribution in [0.25, 0.3) is 0 Å². The van der Waals surface area contributed by atoms with Crippen LogP contribution in [0.2, 0.25) is 0 Å². The van der Waals surface area contributed by atoms with Crippen molar-refractivity contribution in [3.8, 4) is 10.9 Å². The molecule has 0 aliphatic carbocycles. The summed E-state index contributed by atoms with van der Waals surface area (Å²) in [7, 11) is 0. The molecular formula is C11H10NOSY-. The molecule has 2 nitrogen and oxygen atoms in total. The van der Waals surface area contributed by atoms with Crippen LogP contribution >= 0.6 is 11.3 Å².